The number of phosphoric acid groups is 1. The van der Waals surface area contributed by atoms with Crippen molar-refractivity contribution in [1.82, 2.24) is 5.16 Å². The first kappa shape index (κ1) is 22.7. The Morgan fingerprint density at radius 2 is 1.81 bits per heavy atom. The van der Waals surface area contributed by atoms with Crippen LogP contribution >= 0.6 is 7.82 Å². The number of ether oxygens (including phenoxy) is 3. The van der Waals surface area contributed by atoms with E-state index in [4.69, 9.17) is 27.8 Å². The molecule has 1 heterocycles. The van der Waals surface area contributed by atoms with Gasteiger partial charge in [0.25, 0.3) is 0 Å². The second-order valence-electron chi connectivity index (χ2n) is 6.45. The number of methoxy groups -OCH3 is 3. The lowest BCUT2D eigenvalue weighted by molar-refractivity contribution is 0.213. The Kier molecular flexibility index (Phi) is 6.90. The van der Waals surface area contributed by atoms with Gasteiger partial charge in [0.1, 0.15) is 23.5 Å². The lowest BCUT2D eigenvalue weighted by Gasteiger charge is -2.16. The van der Waals surface area contributed by atoms with Crippen molar-refractivity contribution in [2.24, 2.45) is 0 Å². The summed E-state index contributed by atoms with van der Waals surface area (Å²) < 4.78 is 43.7. The summed E-state index contributed by atoms with van der Waals surface area (Å²) in [5.41, 5.74) is 3.05. The van der Waals surface area contributed by atoms with Gasteiger partial charge in [0.05, 0.1) is 33.5 Å². The molecule has 0 saturated heterocycles. The predicted molar refractivity (Wildman–Crippen MR) is 114 cm³/mol. The minimum Gasteiger partial charge on any atom is -0.497 e. The van der Waals surface area contributed by atoms with Crippen LogP contribution in [0.2, 0.25) is 0 Å². The van der Waals surface area contributed by atoms with Gasteiger partial charge in [0.2, 0.25) is 0 Å². The van der Waals surface area contributed by atoms with Crippen LogP contribution in [0, 0.1) is 6.92 Å². The third-order valence-electron chi connectivity index (χ3n) is 4.49. The van der Waals surface area contributed by atoms with Gasteiger partial charge in [-0.1, -0.05) is 5.16 Å². The van der Waals surface area contributed by atoms with Crippen molar-refractivity contribution >= 4 is 7.82 Å². The summed E-state index contributed by atoms with van der Waals surface area (Å²) >= 11 is 0. The van der Waals surface area contributed by atoms with Gasteiger partial charge in [-0.3, -0.25) is 9.42 Å². The molecule has 9 nitrogen and oxygen atoms in total. The van der Waals surface area contributed by atoms with Gasteiger partial charge >= 0.3 is 7.82 Å². The quantitative estimate of drug-likeness (QED) is 0.458. The molecule has 0 aliphatic heterocycles. The van der Waals surface area contributed by atoms with Crippen molar-refractivity contribution in [3.8, 4) is 45.4 Å². The topological polar surface area (TPSA) is 109 Å². The zero-order chi connectivity index (χ0) is 22.6. The number of hydrogen-bond acceptors (Lipinski definition) is 8. The van der Waals surface area contributed by atoms with Crippen LogP contribution in [0.25, 0.3) is 22.4 Å². The zero-order valence-electron chi connectivity index (χ0n) is 17.9. The smallest absolute Gasteiger partial charge is 0.497 e. The van der Waals surface area contributed by atoms with Crippen LogP contribution in [0.1, 0.15) is 12.5 Å². The summed E-state index contributed by atoms with van der Waals surface area (Å²) in [4.78, 5) is 10.0. The monoisotopic (exact) mass is 449 g/mol. The molecule has 0 amide bonds. The molecule has 1 unspecified atom stereocenters. The Morgan fingerprint density at radius 1 is 1.03 bits per heavy atom. The fourth-order valence-electron chi connectivity index (χ4n) is 3.17. The molecular formula is C21H24NO8P. The lowest BCUT2D eigenvalue weighted by atomic mass is 9.99. The minimum absolute atomic E-state index is 0.0104. The van der Waals surface area contributed by atoms with E-state index < -0.39 is 7.82 Å². The van der Waals surface area contributed by atoms with Gasteiger partial charge in [-0.05, 0) is 43.7 Å². The number of aromatic nitrogens is 1. The molecule has 0 radical (unpaired) electrons. The normalized spacial score (nSPS) is 12.8. The molecule has 2 aromatic carbocycles. The average Bonchev–Trinajstić information content (AvgIpc) is 3.22. The second-order valence-corrected chi connectivity index (χ2v) is 7.82. The molecule has 166 valence electrons. The highest BCUT2D eigenvalue weighted by molar-refractivity contribution is 7.47. The van der Waals surface area contributed by atoms with Crippen molar-refractivity contribution in [2.45, 2.75) is 13.8 Å². The highest BCUT2D eigenvalue weighted by Crippen LogP contribution is 2.49. The van der Waals surface area contributed by atoms with Crippen molar-refractivity contribution < 1.29 is 37.2 Å². The molecule has 10 heteroatoms. The summed E-state index contributed by atoms with van der Waals surface area (Å²) in [6.45, 7) is 3.49. The van der Waals surface area contributed by atoms with Crippen LogP contribution in [0.15, 0.2) is 41.1 Å². The van der Waals surface area contributed by atoms with Gasteiger partial charge in [-0.15, -0.1) is 0 Å². The van der Waals surface area contributed by atoms with Crippen LogP contribution in [0.5, 0.6) is 23.0 Å². The van der Waals surface area contributed by atoms with E-state index in [-0.39, 0.29) is 12.4 Å². The van der Waals surface area contributed by atoms with Crippen LogP contribution in [-0.2, 0) is 9.09 Å². The van der Waals surface area contributed by atoms with Gasteiger partial charge in [0, 0.05) is 17.2 Å². The van der Waals surface area contributed by atoms with Gasteiger partial charge in [0.15, 0.2) is 11.5 Å². The Balaban J connectivity index is 2.14. The molecule has 3 aromatic rings. The Labute approximate surface area is 180 Å². The van der Waals surface area contributed by atoms with Crippen molar-refractivity contribution in [3.05, 3.63) is 42.2 Å². The molecule has 3 rings (SSSR count). The van der Waals surface area contributed by atoms with E-state index in [0.717, 1.165) is 5.56 Å². The fraction of sp³-hybridized carbons (Fsp3) is 0.286. The zero-order valence-corrected chi connectivity index (χ0v) is 18.8. The molecule has 1 atom stereocenters. The lowest BCUT2D eigenvalue weighted by Crippen LogP contribution is -1.99. The largest absolute Gasteiger partial charge is 0.527 e. The maximum absolute atomic E-state index is 12.3. The Hall–Kier alpha value is -3.00. The highest BCUT2D eigenvalue weighted by atomic mass is 31.2. The van der Waals surface area contributed by atoms with E-state index in [1.807, 2.05) is 13.0 Å². The van der Waals surface area contributed by atoms with Crippen molar-refractivity contribution in [3.63, 3.8) is 0 Å². The van der Waals surface area contributed by atoms with E-state index in [0.29, 0.717) is 39.6 Å². The Bertz CT molecular complexity index is 1110. The van der Waals surface area contributed by atoms with Crippen LogP contribution in [0.4, 0.5) is 0 Å². The number of hydrogen-bond donors (Lipinski definition) is 1. The van der Waals surface area contributed by atoms with Gasteiger partial charge in [-0.25, -0.2) is 4.57 Å². The standard InChI is InChI=1S/C21H24NO8P/c1-6-29-31(23,24)30-18-11-15(25-3)7-8-16(18)17-12-28-22-20(17)14-9-13(2)21(27-5)19(10-14)26-4/h7-12H,6H2,1-5H3,(H,23,24). The van der Waals surface area contributed by atoms with E-state index in [1.165, 1.54) is 19.4 Å². The summed E-state index contributed by atoms with van der Waals surface area (Å²) in [6, 6.07) is 8.53. The van der Waals surface area contributed by atoms with Crippen LogP contribution in [0.3, 0.4) is 0 Å². The number of phosphoric ester groups is 1. The molecule has 0 aliphatic carbocycles. The summed E-state index contributed by atoms with van der Waals surface area (Å²) in [7, 11) is 0.265. The summed E-state index contributed by atoms with van der Waals surface area (Å²) in [6.07, 6.45) is 1.43. The van der Waals surface area contributed by atoms with E-state index in [2.05, 4.69) is 5.16 Å². The SMILES string of the molecule is CCOP(=O)(O)Oc1cc(OC)ccc1-c1conc1-c1cc(C)c(OC)c(OC)c1. The average molecular weight is 449 g/mol. The van der Waals surface area contributed by atoms with Crippen LogP contribution < -0.4 is 18.7 Å². The van der Waals surface area contributed by atoms with Crippen molar-refractivity contribution in [2.75, 3.05) is 27.9 Å². The van der Waals surface area contributed by atoms with E-state index in [1.54, 1.807) is 39.3 Å². The maximum atomic E-state index is 12.3. The number of aryl methyl sites for hydroxylation is 1. The summed E-state index contributed by atoms with van der Waals surface area (Å²) in [5.74, 6) is 1.67. The molecule has 0 saturated carbocycles. The van der Waals surface area contributed by atoms with Crippen molar-refractivity contribution in [1.29, 1.82) is 0 Å². The second kappa shape index (κ2) is 9.43. The third-order valence-corrected chi connectivity index (χ3v) is 5.50. The molecule has 0 aliphatic rings. The molecule has 1 N–H and O–H groups in total. The predicted octanol–water partition coefficient (Wildman–Crippen LogP) is 4.86. The minimum atomic E-state index is -4.33. The first-order chi connectivity index (χ1) is 14.8. The number of benzene rings is 2. The molecule has 0 bridgehead atoms. The molecular weight excluding hydrogens is 425 g/mol. The van der Waals surface area contributed by atoms with E-state index in [9.17, 15) is 9.46 Å². The molecule has 31 heavy (non-hydrogen) atoms. The molecule has 0 fully saturated rings. The first-order valence-electron chi connectivity index (χ1n) is 9.36. The third kappa shape index (κ3) is 4.85. The van der Waals surface area contributed by atoms with E-state index >= 15 is 0 Å². The highest BCUT2D eigenvalue weighted by Gasteiger charge is 2.26. The first-order valence-corrected chi connectivity index (χ1v) is 10.9. The number of nitrogens with zero attached hydrogens (tertiary/aromatic N) is 1. The van der Waals surface area contributed by atoms with Gasteiger partial charge < -0.3 is 23.3 Å². The maximum Gasteiger partial charge on any atom is 0.527 e. The summed E-state index contributed by atoms with van der Waals surface area (Å²) in [5, 5.41) is 4.13. The fourth-order valence-corrected chi connectivity index (χ4v) is 3.95. The molecule has 0 spiro atoms. The van der Waals surface area contributed by atoms with Gasteiger partial charge in [-0.2, -0.15) is 0 Å². The molecule has 1 aromatic heterocycles. The number of rotatable bonds is 9. The van der Waals surface area contributed by atoms with Crippen LogP contribution in [-0.4, -0.2) is 38.0 Å². The Morgan fingerprint density at radius 3 is 2.45 bits per heavy atom.